The number of aliphatic carboxylic acids is 1. The van der Waals surface area contributed by atoms with E-state index >= 15 is 0 Å². The van der Waals surface area contributed by atoms with Crippen LogP contribution in [0.15, 0.2) is 60.8 Å². The standard InChI is InChI=1S/C22H21ClN2O3/c1-15-11-19(8-10-21(15)28-14-22(26)27)25(2)13-16-3-9-20(24-12-16)17-4-6-18(23)7-5-17/h3-12H,13-14H2,1-2H3,(H,26,27). The number of carboxylic acids is 1. The first kappa shape index (κ1) is 19.7. The van der Waals surface area contributed by atoms with Crippen molar-refractivity contribution >= 4 is 23.3 Å². The Morgan fingerprint density at radius 1 is 1.14 bits per heavy atom. The Morgan fingerprint density at radius 2 is 1.89 bits per heavy atom. The summed E-state index contributed by atoms with van der Waals surface area (Å²) in [6.45, 7) is 2.25. The molecule has 0 aliphatic carbocycles. The van der Waals surface area contributed by atoms with Crippen LogP contribution in [0.5, 0.6) is 5.75 Å². The van der Waals surface area contributed by atoms with E-state index in [9.17, 15) is 4.79 Å². The molecule has 2 aromatic carbocycles. The zero-order chi connectivity index (χ0) is 20.1. The van der Waals surface area contributed by atoms with Gasteiger partial charge >= 0.3 is 5.97 Å². The molecule has 0 aliphatic heterocycles. The lowest BCUT2D eigenvalue weighted by molar-refractivity contribution is -0.139. The van der Waals surface area contributed by atoms with Crippen LogP contribution in [0, 0.1) is 6.92 Å². The van der Waals surface area contributed by atoms with Gasteiger partial charge in [0.1, 0.15) is 5.75 Å². The second-order valence-corrected chi connectivity index (χ2v) is 6.98. The highest BCUT2D eigenvalue weighted by Crippen LogP contribution is 2.25. The number of halogens is 1. The molecule has 0 fully saturated rings. The number of pyridine rings is 1. The lowest BCUT2D eigenvalue weighted by Gasteiger charge is -2.21. The molecule has 3 rings (SSSR count). The second-order valence-electron chi connectivity index (χ2n) is 6.55. The summed E-state index contributed by atoms with van der Waals surface area (Å²) in [7, 11) is 2.00. The average molecular weight is 397 g/mol. The molecule has 144 valence electrons. The van der Waals surface area contributed by atoms with Gasteiger partial charge < -0.3 is 14.7 Å². The summed E-state index contributed by atoms with van der Waals surface area (Å²) >= 11 is 5.93. The SMILES string of the molecule is Cc1cc(N(C)Cc2ccc(-c3ccc(Cl)cc3)nc2)ccc1OCC(=O)O. The van der Waals surface area contributed by atoms with Crippen molar-refractivity contribution in [1.82, 2.24) is 4.98 Å². The third kappa shape index (κ3) is 5.02. The highest BCUT2D eigenvalue weighted by Gasteiger charge is 2.08. The Labute approximate surface area is 169 Å². The fourth-order valence-corrected chi connectivity index (χ4v) is 2.97. The maximum absolute atomic E-state index is 10.6. The van der Waals surface area contributed by atoms with Crippen molar-refractivity contribution in [2.45, 2.75) is 13.5 Å². The number of hydrogen-bond acceptors (Lipinski definition) is 4. The van der Waals surface area contributed by atoms with Crippen molar-refractivity contribution in [3.8, 4) is 17.0 Å². The average Bonchev–Trinajstić information content (AvgIpc) is 2.68. The molecule has 0 unspecified atom stereocenters. The van der Waals surface area contributed by atoms with E-state index in [1.807, 2.05) is 62.6 Å². The number of benzene rings is 2. The molecule has 3 aromatic rings. The number of carboxylic acid groups (broad SMARTS) is 1. The zero-order valence-electron chi connectivity index (χ0n) is 15.7. The van der Waals surface area contributed by atoms with Crippen LogP contribution in [0.25, 0.3) is 11.3 Å². The molecule has 0 saturated carbocycles. The number of ether oxygens (including phenoxy) is 1. The van der Waals surface area contributed by atoms with E-state index in [0.717, 1.165) is 28.1 Å². The highest BCUT2D eigenvalue weighted by molar-refractivity contribution is 6.30. The topological polar surface area (TPSA) is 62.7 Å². The van der Waals surface area contributed by atoms with Crippen molar-refractivity contribution in [1.29, 1.82) is 0 Å². The first-order chi connectivity index (χ1) is 13.4. The summed E-state index contributed by atoms with van der Waals surface area (Å²) < 4.78 is 5.28. The molecular weight excluding hydrogens is 376 g/mol. The maximum atomic E-state index is 10.6. The molecule has 0 spiro atoms. The summed E-state index contributed by atoms with van der Waals surface area (Å²) in [5, 5.41) is 9.44. The van der Waals surface area contributed by atoms with Gasteiger partial charge in [-0.2, -0.15) is 0 Å². The number of rotatable bonds is 7. The number of carbonyl (C=O) groups is 1. The Kier molecular flexibility index (Phi) is 6.16. The molecule has 0 aliphatic rings. The van der Waals surface area contributed by atoms with E-state index in [1.54, 1.807) is 6.07 Å². The third-order valence-electron chi connectivity index (χ3n) is 4.33. The lowest BCUT2D eigenvalue weighted by Crippen LogP contribution is -2.17. The Bertz CT molecular complexity index is 957. The van der Waals surface area contributed by atoms with Gasteiger partial charge in [-0.25, -0.2) is 4.79 Å². The Balaban J connectivity index is 1.67. The minimum absolute atomic E-state index is 0.346. The molecule has 28 heavy (non-hydrogen) atoms. The van der Waals surface area contributed by atoms with Crippen LogP contribution >= 0.6 is 11.6 Å². The summed E-state index contributed by atoms with van der Waals surface area (Å²) in [5.41, 5.74) is 4.92. The smallest absolute Gasteiger partial charge is 0.341 e. The van der Waals surface area contributed by atoms with Crippen LogP contribution in [-0.4, -0.2) is 29.7 Å². The molecule has 1 N–H and O–H groups in total. The van der Waals surface area contributed by atoms with Crippen LogP contribution < -0.4 is 9.64 Å². The molecule has 0 radical (unpaired) electrons. The monoisotopic (exact) mass is 396 g/mol. The predicted octanol–water partition coefficient (Wildman–Crippen LogP) is 4.81. The van der Waals surface area contributed by atoms with Crippen LogP contribution in [-0.2, 0) is 11.3 Å². The number of hydrogen-bond donors (Lipinski definition) is 1. The van der Waals surface area contributed by atoms with E-state index in [0.29, 0.717) is 17.3 Å². The Hall–Kier alpha value is -3.05. The minimum Gasteiger partial charge on any atom is -0.482 e. The molecular formula is C22H21ClN2O3. The van der Waals surface area contributed by atoms with Crippen molar-refractivity contribution in [3.05, 3.63) is 76.9 Å². The summed E-state index contributed by atoms with van der Waals surface area (Å²) in [5.74, 6) is -0.413. The van der Waals surface area contributed by atoms with Gasteiger partial charge in [-0.3, -0.25) is 4.98 Å². The number of anilines is 1. The Morgan fingerprint density at radius 3 is 2.50 bits per heavy atom. The van der Waals surface area contributed by atoms with Crippen LogP contribution in [0.2, 0.25) is 5.02 Å². The maximum Gasteiger partial charge on any atom is 0.341 e. The minimum atomic E-state index is -0.991. The molecule has 0 bridgehead atoms. The first-order valence-electron chi connectivity index (χ1n) is 8.79. The molecule has 5 nitrogen and oxygen atoms in total. The van der Waals surface area contributed by atoms with Crippen molar-refractivity contribution in [2.24, 2.45) is 0 Å². The summed E-state index contributed by atoms with van der Waals surface area (Å²) in [6.07, 6.45) is 1.87. The molecule has 0 saturated heterocycles. The van der Waals surface area contributed by atoms with Gasteiger partial charge in [0.05, 0.1) is 5.69 Å². The van der Waals surface area contributed by atoms with Gasteiger partial charge in [0.2, 0.25) is 0 Å². The van der Waals surface area contributed by atoms with E-state index < -0.39 is 5.97 Å². The van der Waals surface area contributed by atoms with Crippen LogP contribution in [0.1, 0.15) is 11.1 Å². The summed E-state index contributed by atoms with van der Waals surface area (Å²) in [6, 6.07) is 17.4. The highest BCUT2D eigenvalue weighted by atomic mass is 35.5. The second kappa shape index (κ2) is 8.76. The largest absolute Gasteiger partial charge is 0.482 e. The normalized spacial score (nSPS) is 10.5. The van der Waals surface area contributed by atoms with E-state index in [1.165, 1.54) is 0 Å². The molecule has 1 heterocycles. The van der Waals surface area contributed by atoms with Crippen molar-refractivity contribution in [2.75, 3.05) is 18.6 Å². The van der Waals surface area contributed by atoms with Crippen LogP contribution in [0.3, 0.4) is 0 Å². The number of aromatic nitrogens is 1. The van der Waals surface area contributed by atoms with Crippen molar-refractivity contribution < 1.29 is 14.6 Å². The van der Waals surface area contributed by atoms with Crippen LogP contribution in [0.4, 0.5) is 5.69 Å². The zero-order valence-corrected chi connectivity index (χ0v) is 16.5. The summed E-state index contributed by atoms with van der Waals surface area (Å²) in [4.78, 5) is 17.3. The predicted molar refractivity (Wildman–Crippen MR) is 111 cm³/mol. The number of aryl methyl sites for hydroxylation is 1. The van der Waals surface area contributed by atoms with E-state index in [2.05, 4.69) is 16.0 Å². The lowest BCUT2D eigenvalue weighted by atomic mass is 10.1. The quantitative estimate of drug-likeness (QED) is 0.620. The van der Waals surface area contributed by atoms with E-state index in [-0.39, 0.29) is 6.61 Å². The number of nitrogens with zero attached hydrogens (tertiary/aromatic N) is 2. The molecule has 6 heteroatoms. The molecule has 1 aromatic heterocycles. The van der Waals surface area contributed by atoms with E-state index in [4.69, 9.17) is 21.4 Å². The first-order valence-corrected chi connectivity index (χ1v) is 9.17. The van der Waals surface area contributed by atoms with Gasteiger partial charge in [0.15, 0.2) is 6.61 Å². The third-order valence-corrected chi connectivity index (χ3v) is 4.59. The van der Waals surface area contributed by atoms with Gasteiger partial charge in [0.25, 0.3) is 0 Å². The van der Waals surface area contributed by atoms with Gasteiger partial charge in [-0.05, 0) is 54.4 Å². The van der Waals surface area contributed by atoms with Gasteiger partial charge in [-0.1, -0.05) is 29.8 Å². The molecule has 0 atom stereocenters. The fraction of sp³-hybridized carbons (Fsp3) is 0.182. The van der Waals surface area contributed by atoms with Gasteiger partial charge in [-0.15, -0.1) is 0 Å². The fourth-order valence-electron chi connectivity index (χ4n) is 2.85. The van der Waals surface area contributed by atoms with Gasteiger partial charge in [0, 0.05) is 36.1 Å². The van der Waals surface area contributed by atoms with Crippen molar-refractivity contribution in [3.63, 3.8) is 0 Å². The molecule has 0 amide bonds.